The lowest BCUT2D eigenvalue weighted by molar-refractivity contribution is 0.247. The number of aryl methyl sites for hydroxylation is 2. The molecule has 2 heterocycles. The van der Waals surface area contributed by atoms with E-state index in [-0.39, 0.29) is 10.6 Å². The van der Waals surface area contributed by atoms with Crippen molar-refractivity contribution < 1.29 is 0 Å². The molecule has 0 N–H and O–H groups in total. The maximum Gasteiger partial charge on any atom is 0.341 e. The van der Waals surface area contributed by atoms with Crippen molar-refractivity contribution in [1.29, 1.82) is 0 Å². The van der Waals surface area contributed by atoms with Gasteiger partial charge < -0.3 is 0 Å². The minimum Gasteiger partial charge on any atom is -0.299 e. The molecular formula is C22H25N3O2S. The van der Waals surface area contributed by atoms with Crippen LogP contribution >= 0.6 is 11.5 Å². The van der Waals surface area contributed by atoms with Crippen molar-refractivity contribution in [2.45, 2.75) is 39.4 Å². The highest BCUT2D eigenvalue weighted by molar-refractivity contribution is 7.03. The normalized spacial score (nSPS) is 14.2. The van der Waals surface area contributed by atoms with Gasteiger partial charge in [-0.3, -0.25) is 9.69 Å². The molecule has 146 valence electrons. The highest BCUT2D eigenvalue weighted by Crippen LogP contribution is 2.18. The van der Waals surface area contributed by atoms with Crippen LogP contribution in [0.2, 0.25) is 0 Å². The number of hydrogen-bond donors (Lipinski definition) is 0. The Morgan fingerprint density at radius 1 is 1.00 bits per heavy atom. The molecule has 28 heavy (non-hydrogen) atoms. The van der Waals surface area contributed by atoms with Gasteiger partial charge in [-0.25, -0.2) is 13.3 Å². The molecule has 0 saturated carbocycles. The Morgan fingerprint density at radius 2 is 1.82 bits per heavy atom. The van der Waals surface area contributed by atoms with E-state index >= 15 is 0 Å². The van der Waals surface area contributed by atoms with E-state index in [2.05, 4.69) is 29.2 Å². The van der Waals surface area contributed by atoms with E-state index in [9.17, 15) is 9.59 Å². The summed E-state index contributed by atoms with van der Waals surface area (Å²) in [6, 6.07) is 16.5. The monoisotopic (exact) mass is 395 g/mol. The quantitative estimate of drug-likeness (QED) is 0.645. The van der Waals surface area contributed by atoms with Gasteiger partial charge in [-0.2, -0.15) is 0 Å². The van der Waals surface area contributed by atoms with Crippen molar-refractivity contribution >= 4 is 11.5 Å². The highest BCUT2D eigenvalue weighted by Gasteiger charge is 2.16. The van der Waals surface area contributed by atoms with E-state index in [1.54, 1.807) is 3.96 Å². The van der Waals surface area contributed by atoms with Crippen molar-refractivity contribution in [3.8, 4) is 0 Å². The molecule has 0 spiro atoms. The molecule has 0 unspecified atom stereocenters. The molecule has 0 aliphatic carbocycles. The number of fused-ring (bicyclic) bond motifs is 1. The number of hydrogen-bond acceptors (Lipinski definition) is 4. The first-order valence-corrected chi connectivity index (χ1v) is 10.5. The molecule has 1 aliphatic heterocycles. The van der Waals surface area contributed by atoms with Gasteiger partial charge in [0.25, 0.3) is 0 Å². The summed E-state index contributed by atoms with van der Waals surface area (Å²) >= 11 is 1.03. The third-order valence-electron chi connectivity index (χ3n) is 5.32. The second-order valence-corrected chi connectivity index (χ2v) is 8.44. The SMILES string of the molecule is Cc1cccc(Cn2c(=O)sn(CCCN3CCc4ccccc4C3)c2=O)c1. The van der Waals surface area contributed by atoms with Crippen molar-refractivity contribution in [3.05, 3.63) is 90.9 Å². The van der Waals surface area contributed by atoms with Gasteiger partial charge in [0, 0.05) is 37.7 Å². The number of rotatable bonds is 6. The van der Waals surface area contributed by atoms with Crippen LogP contribution in [-0.4, -0.2) is 26.5 Å². The largest absolute Gasteiger partial charge is 0.341 e. The number of aromatic nitrogens is 2. The van der Waals surface area contributed by atoms with E-state index in [0.29, 0.717) is 13.1 Å². The van der Waals surface area contributed by atoms with Crippen molar-refractivity contribution in [2.24, 2.45) is 0 Å². The molecule has 4 rings (SSSR count). The third kappa shape index (κ3) is 4.18. The zero-order valence-electron chi connectivity index (χ0n) is 16.1. The summed E-state index contributed by atoms with van der Waals surface area (Å²) in [7, 11) is 0. The van der Waals surface area contributed by atoms with E-state index < -0.39 is 0 Å². The first-order valence-electron chi connectivity index (χ1n) is 9.76. The fourth-order valence-electron chi connectivity index (χ4n) is 3.84. The molecule has 2 aromatic carbocycles. The Bertz CT molecular complexity index is 1080. The van der Waals surface area contributed by atoms with Gasteiger partial charge in [0.05, 0.1) is 6.54 Å². The molecule has 1 aromatic heterocycles. The summed E-state index contributed by atoms with van der Waals surface area (Å²) in [5, 5.41) is 0. The topological polar surface area (TPSA) is 47.2 Å². The van der Waals surface area contributed by atoms with E-state index in [1.807, 2.05) is 31.2 Å². The van der Waals surface area contributed by atoms with Crippen molar-refractivity contribution in [1.82, 2.24) is 13.4 Å². The summed E-state index contributed by atoms with van der Waals surface area (Å²) < 4.78 is 2.95. The lowest BCUT2D eigenvalue weighted by Crippen LogP contribution is -2.33. The van der Waals surface area contributed by atoms with Crippen LogP contribution in [0, 0.1) is 6.92 Å². The van der Waals surface area contributed by atoms with Gasteiger partial charge in [0.15, 0.2) is 0 Å². The maximum absolute atomic E-state index is 12.6. The Balaban J connectivity index is 1.37. The molecule has 0 fully saturated rings. The summed E-state index contributed by atoms with van der Waals surface area (Å²) in [5.41, 5.74) is 4.77. The van der Waals surface area contributed by atoms with Crippen LogP contribution in [0.15, 0.2) is 58.1 Å². The molecule has 0 bridgehead atoms. The second-order valence-electron chi connectivity index (χ2n) is 7.47. The lowest BCUT2D eigenvalue weighted by atomic mass is 10.00. The molecule has 0 radical (unpaired) electrons. The van der Waals surface area contributed by atoms with Crippen LogP contribution in [0.25, 0.3) is 0 Å². The van der Waals surface area contributed by atoms with E-state index in [0.717, 1.165) is 55.1 Å². The smallest absolute Gasteiger partial charge is 0.299 e. The average Bonchev–Trinajstić information content (AvgIpc) is 2.95. The molecule has 1 aliphatic rings. The van der Waals surface area contributed by atoms with Gasteiger partial charge in [-0.05, 0) is 36.5 Å². The predicted octanol–water partition coefficient (Wildman–Crippen LogP) is 2.88. The Morgan fingerprint density at radius 3 is 2.64 bits per heavy atom. The minimum atomic E-state index is -0.194. The standard InChI is InChI=1S/C22H25N3O2S/c1-17-6-4-7-18(14-17)15-24-21(26)25(28-22(24)27)12-5-11-23-13-10-19-8-2-3-9-20(19)16-23/h2-4,6-9,14H,5,10-13,15-16H2,1H3. The molecule has 0 amide bonds. The van der Waals surface area contributed by atoms with E-state index in [1.165, 1.54) is 15.7 Å². The fraction of sp³-hybridized carbons (Fsp3) is 0.364. The molecule has 6 heteroatoms. The molecular weight excluding hydrogens is 370 g/mol. The summed E-state index contributed by atoms with van der Waals surface area (Å²) in [6.45, 7) is 5.90. The van der Waals surface area contributed by atoms with Gasteiger partial charge in [-0.15, -0.1) is 0 Å². The summed E-state index contributed by atoms with van der Waals surface area (Å²) in [5.74, 6) is 0. The zero-order valence-corrected chi connectivity index (χ0v) is 17.0. The van der Waals surface area contributed by atoms with Gasteiger partial charge in [0.2, 0.25) is 0 Å². The van der Waals surface area contributed by atoms with Crippen molar-refractivity contribution in [3.63, 3.8) is 0 Å². The Kier molecular flexibility index (Phi) is 5.59. The molecule has 0 saturated heterocycles. The van der Waals surface area contributed by atoms with Gasteiger partial charge in [0.1, 0.15) is 0 Å². The molecule has 0 atom stereocenters. The van der Waals surface area contributed by atoms with Crippen LogP contribution in [-0.2, 0) is 26.1 Å². The highest BCUT2D eigenvalue weighted by atomic mass is 32.1. The summed E-state index contributed by atoms with van der Waals surface area (Å²) in [6.07, 6.45) is 1.95. The van der Waals surface area contributed by atoms with Crippen LogP contribution in [0.1, 0.15) is 28.7 Å². The Labute approximate surface area is 168 Å². The van der Waals surface area contributed by atoms with Gasteiger partial charge >= 0.3 is 10.6 Å². The average molecular weight is 396 g/mol. The fourth-order valence-corrected chi connectivity index (χ4v) is 4.67. The third-order valence-corrected chi connectivity index (χ3v) is 6.26. The van der Waals surface area contributed by atoms with Crippen LogP contribution in [0.5, 0.6) is 0 Å². The Hall–Kier alpha value is -2.44. The van der Waals surface area contributed by atoms with Crippen molar-refractivity contribution in [2.75, 3.05) is 13.1 Å². The zero-order chi connectivity index (χ0) is 19.5. The first-order chi connectivity index (χ1) is 13.6. The first kappa shape index (κ1) is 18.9. The minimum absolute atomic E-state index is 0.182. The number of benzene rings is 2. The lowest BCUT2D eigenvalue weighted by Gasteiger charge is -2.28. The van der Waals surface area contributed by atoms with E-state index in [4.69, 9.17) is 0 Å². The number of nitrogens with zero attached hydrogens (tertiary/aromatic N) is 3. The summed E-state index contributed by atoms with van der Waals surface area (Å²) in [4.78, 5) is 27.2. The maximum atomic E-state index is 12.6. The molecule has 5 nitrogen and oxygen atoms in total. The molecule has 3 aromatic rings. The second kappa shape index (κ2) is 8.29. The predicted molar refractivity (Wildman–Crippen MR) is 113 cm³/mol. The van der Waals surface area contributed by atoms with Crippen LogP contribution in [0.4, 0.5) is 0 Å². The van der Waals surface area contributed by atoms with Crippen LogP contribution in [0.3, 0.4) is 0 Å². The van der Waals surface area contributed by atoms with Gasteiger partial charge in [-0.1, -0.05) is 54.1 Å². The van der Waals surface area contributed by atoms with Crippen LogP contribution < -0.4 is 10.6 Å².